The van der Waals surface area contributed by atoms with E-state index < -0.39 is 0 Å². The molecule has 1 saturated heterocycles. The molecule has 6 nitrogen and oxygen atoms in total. The van der Waals surface area contributed by atoms with Crippen molar-refractivity contribution in [2.45, 2.75) is 0 Å². The first kappa shape index (κ1) is 11.0. The Kier molecular flexibility index (Phi) is 3.45. The maximum atomic E-state index is 12.1. The molecule has 16 heavy (non-hydrogen) atoms. The predicted molar refractivity (Wildman–Crippen MR) is 58.9 cm³/mol. The summed E-state index contributed by atoms with van der Waals surface area (Å²) in [7, 11) is 0. The number of piperazine rings is 1. The van der Waals surface area contributed by atoms with Gasteiger partial charge in [0.2, 0.25) is 11.9 Å². The molecule has 0 unspecified atom stereocenters. The summed E-state index contributed by atoms with van der Waals surface area (Å²) in [6.07, 6.45) is 1.41. The van der Waals surface area contributed by atoms with Gasteiger partial charge in [-0.3, -0.25) is 4.90 Å². The SMILES string of the molecule is Nc1ncnc(N2CCN(CCF)CC2)n1. The summed E-state index contributed by atoms with van der Waals surface area (Å²) in [5.74, 6) is 0.837. The zero-order chi connectivity index (χ0) is 11.4. The molecule has 0 bridgehead atoms. The summed E-state index contributed by atoms with van der Waals surface area (Å²) in [5, 5.41) is 0. The Bertz CT molecular complexity index is 339. The second kappa shape index (κ2) is 5.02. The summed E-state index contributed by atoms with van der Waals surface area (Å²) in [6, 6.07) is 0. The van der Waals surface area contributed by atoms with Crippen molar-refractivity contribution in [1.29, 1.82) is 0 Å². The van der Waals surface area contributed by atoms with Crippen LogP contribution in [0.1, 0.15) is 0 Å². The molecule has 88 valence electrons. The van der Waals surface area contributed by atoms with Crippen molar-refractivity contribution in [2.24, 2.45) is 0 Å². The second-order valence-electron chi connectivity index (χ2n) is 3.66. The third-order valence-corrected chi connectivity index (χ3v) is 2.63. The Morgan fingerprint density at radius 2 is 2.00 bits per heavy atom. The predicted octanol–water partition coefficient (Wildman–Crippen LogP) is -0.455. The summed E-state index contributed by atoms with van der Waals surface area (Å²) in [6.45, 7) is 3.46. The Morgan fingerprint density at radius 1 is 1.25 bits per heavy atom. The summed E-state index contributed by atoms with van der Waals surface area (Å²) >= 11 is 0. The highest BCUT2D eigenvalue weighted by molar-refractivity contribution is 5.33. The van der Waals surface area contributed by atoms with Crippen molar-refractivity contribution in [3.63, 3.8) is 0 Å². The number of nitrogen functional groups attached to an aromatic ring is 1. The van der Waals surface area contributed by atoms with Gasteiger partial charge < -0.3 is 10.6 Å². The lowest BCUT2D eigenvalue weighted by molar-refractivity contribution is 0.234. The molecule has 1 aliphatic heterocycles. The van der Waals surface area contributed by atoms with E-state index in [9.17, 15) is 4.39 Å². The van der Waals surface area contributed by atoms with Crippen LogP contribution in [0.4, 0.5) is 16.3 Å². The molecule has 0 aromatic carbocycles. The first-order valence-electron chi connectivity index (χ1n) is 5.27. The number of rotatable bonds is 3. The molecule has 2 N–H and O–H groups in total. The third-order valence-electron chi connectivity index (χ3n) is 2.63. The van der Waals surface area contributed by atoms with Gasteiger partial charge in [-0.2, -0.15) is 4.98 Å². The zero-order valence-corrected chi connectivity index (χ0v) is 9.01. The van der Waals surface area contributed by atoms with Crippen LogP contribution in [-0.2, 0) is 0 Å². The maximum Gasteiger partial charge on any atom is 0.230 e. The quantitative estimate of drug-likeness (QED) is 0.752. The standard InChI is InChI=1S/C9H15FN6/c10-1-2-15-3-5-16(6-4-15)9-13-7-12-8(11)14-9/h7H,1-6H2,(H2,11,12,13,14). The van der Waals surface area contributed by atoms with Crippen molar-refractivity contribution in [2.75, 3.05) is 50.0 Å². The highest BCUT2D eigenvalue weighted by atomic mass is 19.1. The van der Waals surface area contributed by atoms with Crippen molar-refractivity contribution in [1.82, 2.24) is 19.9 Å². The number of anilines is 2. The average molecular weight is 226 g/mol. The molecule has 0 amide bonds. The number of nitrogens with two attached hydrogens (primary N) is 1. The maximum absolute atomic E-state index is 12.1. The smallest absolute Gasteiger partial charge is 0.230 e. The molecule has 1 fully saturated rings. The number of alkyl halides is 1. The first-order valence-corrected chi connectivity index (χ1v) is 5.27. The largest absolute Gasteiger partial charge is 0.368 e. The van der Waals surface area contributed by atoms with E-state index in [0.29, 0.717) is 12.5 Å². The average Bonchev–Trinajstić information content (AvgIpc) is 2.30. The molecule has 0 aliphatic carbocycles. The van der Waals surface area contributed by atoms with Gasteiger partial charge in [-0.25, -0.2) is 14.4 Å². The minimum absolute atomic E-state index is 0.233. The normalized spacial score (nSPS) is 17.7. The van der Waals surface area contributed by atoms with Crippen LogP contribution in [0.3, 0.4) is 0 Å². The summed E-state index contributed by atoms with van der Waals surface area (Å²) in [4.78, 5) is 16.0. The van der Waals surface area contributed by atoms with Crippen LogP contribution < -0.4 is 10.6 Å². The van der Waals surface area contributed by atoms with Crippen LogP contribution in [0.2, 0.25) is 0 Å². The Hall–Kier alpha value is -1.50. The van der Waals surface area contributed by atoms with Gasteiger partial charge in [-0.05, 0) is 0 Å². The van der Waals surface area contributed by atoms with Gasteiger partial charge in [0.05, 0.1) is 0 Å². The molecule has 0 spiro atoms. The molecule has 7 heteroatoms. The number of nitrogens with zero attached hydrogens (tertiary/aromatic N) is 5. The van der Waals surface area contributed by atoms with Crippen LogP contribution in [-0.4, -0.2) is 59.3 Å². The van der Waals surface area contributed by atoms with E-state index in [1.165, 1.54) is 6.33 Å². The molecular weight excluding hydrogens is 211 g/mol. The van der Waals surface area contributed by atoms with E-state index in [2.05, 4.69) is 19.9 Å². The molecule has 2 rings (SSSR count). The van der Waals surface area contributed by atoms with Crippen LogP contribution in [0, 0.1) is 0 Å². The molecular formula is C9H15FN6. The minimum Gasteiger partial charge on any atom is -0.368 e. The number of halogens is 1. The van der Waals surface area contributed by atoms with Gasteiger partial charge in [0, 0.05) is 32.7 Å². The molecule has 0 atom stereocenters. The molecule has 1 aromatic heterocycles. The van der Waals surface area contributed by atoms with Crippen LogP contribution in [0.25, 0.3) is 0 Å². The summed E-state index contributed by atoms with van der Waals surface area (Å²) < 4.78 is 12.1. The van der Waals surface area contributed by atoms with E-state index in [1.807, 2.05) is 4.90 Å². The lowest BCUT2D eigenvalue weighted by atomic mass is 10.3. The highest BCUT2D eigenvalue weighted by Crippen LogP contribution is 2.10. The topological polar surface area (TPSA) is 71.2 Å². The zero-order valence-electron chi connectivity index (χ0n) is 9.01. The van der Waals surface area contributed by atoms with Crippen LogP contribution in [0.15, 0.2) is 6.33 Å². The van der Waals surface area contributed by atoms with Crippen molar-refractivity contribution >= 4 is 11.9 Å². The minimum atomic E-state index is -0.293. The van der Waals surface area contributed by atoms with E-state index in [-0.39, 0.29) is 12.6 Å². The lowest BCUT2D eigenvalue weighted by Crippen LogP contribution is -2.47. The fourth-order valence-electron chi connectivity index (χ4n) is 1.74. The van der Waals surface area contributed by atoms with Crippen LogP contribution in [0.5, 0.6) is 0 Å². The van der Waals surface area contributed by atoms with Gasteiger partial charge >= 0.3 is 0 Å². The van der Waals surface area contributed by atoms with Gasteiger partial charge in [0.1, 0.15) is 13.0 Å². The monoisotopic (exact) mass is 226 g/mol. The highest BCUT2D eigenvalue weighted by Gasteiger charge is 2.18. The molecule has 1 aromatic rings. The first-order chi connectivity index (χ1) is 7.79. The van der Waals surface area contributed by atoms with Crippen molar-refractivity contribution in [3.8, 4) is 0 Å². The van der Waals surface area contributed by atoms with Crippen molar-refractivity contribution in [3.05, 3.63) is 6.33 Å². The molecule has 0 saturated carbocycles. The van der Waals surface area contributed by atoms with Gasteiger partial charge in [0.15, 0.2) is 0 Å². The van der Waals surface area contributed by atoms with Gasteiger partial charge in [-0.1, -0.05) is 0 Å². The Labute approximate surface area is 93.3 Å². The Morgan fingerprint density at radius 3 is 2.62 bits per heavy atom. The number of aromatic nitrogens is 3. The van der Waals surface area contributed by atoms with E-state index in [4.69, 9.17) is 5.73 Å². The third kappa shape index (κ3) is 2.54. The lowest BCUT2D eigenvalue weighted by Gasteiger charge is -2.33. The summed E-state index contributed by atoms with van der Waals surface area (Å²) in [5.41, 5.74) is 5.49. The van der Waals surface area contributed by atoms with Gasteiger partial charge in [0.25, 0.3) is 0 Å². The number of hydrogen-bond donors (Lipinski definition) is 1. The van der Waals surface area contributed by atoms with E-state index in [0.717, 1.165) is 26.2 Å². The number of hydrogen-bond acceptors (Lipinski definition) is 6. The molecule has 0 radical (unpaired) electrons. The van der Waals surface area contributed by atoms with Crippen molar-refractivity contribution < 1.29 is 4.39 Å². The second-order valence-corrected chi connectivity index (χ2v) is 3.66. The fourth-order valence-corrected chi connectivity index (χ4v) is 1.74. The van der Waals surface area contributed by atoms with E-state index >= 15 is 0 Å². The fraction of sp³-hybridized carbons (Fsp3) is 0.667. The van der Waals surface area contributed by atoms with E-state index in [1.54, 1.807) is 0 Å². The van der Waals surface area contributed by atoms with Gasteiger partial charge in [-0.15, -0.1) is 0 Å². The molecule has 1 aliphatic rings. The Balaban J connectivity index is 1.94. The molecule has 2 heterocycles. The van der Waals surface area contributed by atoms with Crippen LogP contribution >= 0.6 is 0 Å².